The Hall–Kier alpha value is -1.04. The van der Waals surface area contributed by atoms with Crippen LogP contribution in [-0.2, 0) is 7.01 Å². The quantitative estimate of drug-likeness (QED) is 0.535. The summed E-state index contributed by atoms with van der Waals surface area (Å²) in [6.07, 6.45) is 0. The van der Waals surface area contributed by atoms with Crippen molar-refractivity contribution in [1.82, 2.24) is 0 Å². The molecule has 2 rings (SSSR count). The SMILES string of the molecule is Cc1ccc(C)c(Sc2ccc(C#N)cc2S(=O)(=O)I)c1. The van der Waals surface area contributed by atoms with E-state index in [9.17, 15) is 8.42 Å². The second-order valence-electron chi connectivity index (χ2n) is 4.58. The molecule has 3 nitrogen and oxygen atoms in total. The van der Waals surface area contributed by atoms with Gasteiger partial charge in [0.2, 0.25) is 7.01 Å². The second-order valence-corrected chi connectivity index (χ2v) is 10.5. The molecule has 0 aromatic heterocycles. The van der Waals surface area contributed by atoms with Crippen LogP contribution >= 0.6 is 33.0 Å². The van der Waals surface area contributed by atoms with Crippen LogP contribution in [0.15, 0.2) is 51.1 Å². The molecule has 0 bridgehead atoms. The van der Waals surface area contributed by atoms with Crippen LogP contribution in [0.2, 0.25) is 0 Å². The Labute approximate surface area is 140 Å². The zero-order valence-corrected chi connectivity index (χ0v) is 15.2. The third kappa shape index (κ3) is 3.99. The summed E-state index contributed by atoms with van der Waals surface area (Å²) in [5.41, 5.74) is 2.55. The summed E-state index contributed by atoms with van der Waals surface area (Å²) in [5, 5.41) is 8.93. The minimum absolute atomic E-state index is 0.188. The first-order valence-electron chi connectivity index (χ1n) is 6.05. The lowest BCUT2D eigenvalue weighted by molar-refractivity contribution is 0.611. The topological polar surface area (TPSA) is 57.9 Å². The fourth-order valence-corrected chi connectivity index (χ4v) is 5.37. The van der Waals surface area contributed by atoms with Crippen LogP contribution in [0.5, 0.6) is 0 Å². The maximum absolute atomic E-state index is 11.9. The normalized spacial score (nSPS) is 11.1. The van der Waals surface area contributed by atoms with Crippen LogP contribution in [0.25, 0.3) is 0 Å². The summed E-state index contributed by atoms with van der Waals surface area (Å²) in [7, 11) is -3.41. The molecule has 0 aliphatic heterocycles. The van der Waals surface area contributed by atoms with E-state index >= 15 is 0 Å². The molecule has 0 N–H and O–H groups in total. The summed E-state index contributed by atoms with van der Waals surface area (Å²) in [6, 6.07) is 12.8. The first kappa shape index (κ1) is 16.3. The highest BCUT2D eigenvalue weighted by molar-refractivity contribution is 14.2. The van der Waals surface area contributed by atoms with Crippen molar-refractivity contribution in [3.05, 3.63) is 53.1 Å². The number of halogens is 1. The average molecular weight is 429 g/mol. The van der Waals surface area contributed by atoms with Crippen LogP contribution in [0.3, 0.4) is 0 Å². The lowest BCUT2D eigenvalue weighted by atomic mass is 10.2. The van der Waals surface area contributed by atoms with Gasteiger partial charge >= 0.3 is 0 Å². The Kier molecular flexibility index (Phi) is 4.96. The van der Waals surface area contributed by atoms with Gasteiger partial charge in [0.25, 0.3) is 0 Å². The third-order valence-corrected chi connectivity index (χ3v) is 6.55. The highest BCUT2D eigenvalue weighted by Crippen LogP contribution is 2.37. The molecule has 0 aliphatic rings. The predicted octanol–water partition coefficient (Wildman–Crippen LogP) is 4.45. The highest BCUT2D eigenvalue weighted by Gasteiger charge is 2.17. The van der Waals surface area contributed by atoms with Crippen molar-refractivity contribution >= 4 is 40.0 Å². The van der Waals surface area contributed by atoms with E-state index in [0.29, 0.717) is 10.5 Å². The van der Waals surface area contributed by atoms with Gasteiger partial charge in [0.1, 0.15) is 0 Å². The van der Waals surface area contributed by atoms with Crippen molar-refractivity contribution < 1.29 is 8.42 Å². The summed E-state index contributed by atoms with van der Waals surface area (Å²) >= 11 is 2.82. The third-order valence-electron chi connectivity index (χ3n) is 2.90. The van der Waals surface area contributed by atoms with Crippen molar-refractivity contribution in [2.75, 3.05) is 0 Å². The van der Waals surface area contributed by atoms with Gasteiger partial charge in [-0.25, -0.2) is 8.42 Å². The molecular formula is C15H12INO2S2. The Bertz CT molecular complexity index is 839. The van der Waals surface area contributed by atoms with Crippen molar-refractivity contribution in [1.29, 1.82) is 5.26 Å². The summed E-state index contributed by atoms with van der Waals surface area (Å²) < 4.78 is 23.9. The molecule has 0 saturated heterocycles. The van der Waals surface area contributed by atoms with Gasteiger partial charge in [-0.1, -0.05) is 23.9 Å². The van der Waals surface area contributed by atoms with Gasteiger partial charge in [-0.2, -0.15) is 5.26 Å². The monoisotopic (exact) mass is 429 g/mol. The minimum Gasteiger partial charge on any atom is -0.213 e. The number of nitrogens with zero attached hydrogens (tertiary/aromatic N) is 1. The van der Waals surface area contributed by atoms with E-state index in [1.165, 1.54) is 39.0 Å². The largest absolute Gasteiger partial charge is 0.232 e. The number of hydrogen-bond donors (Lipinski definition) is 0. The van der Waals surface area contributed by atoms with E-state index in [0.717, 1.165) is 16.0 Å². The average Bonchev–Trinajstić information content (AvgIpc) is 2.42. The number of aryl methyl sites for hydroxylation is 2. The van der Waals surface area contributed by atoms with Gasteiger partial charge in [-0.05, 0) is 49.2 Å². The standard InChI is InChI=1S/C15H12INO2S2/c1-10-3-4-11(2)14(7-10)20-13-6-5-12(9-17)8-15(13)21(16,18)19/h3-8H,1-2H3. The van der Waals surface area contributed by atoms with Crippen LogP contribution in [-0.4, -0.2) is 8.42 Å². The van der Waals surface area contributed by atoms with E-state index in [4.69, 9.17) is 5.26 Å². The molecule has 0 fully saturated rings. The summed E-state index contributed by atoms with van der Waals surface area (Å²) in [5.74, 6) is 0. The van der Waals surface area contributed by atoms with Crippen molar-refractivity contribution in [2.45, 2.75) is 28.5 Å². The zero-order chi connectivity index (χ0) is 15.6. The fourth-order valence-electron chi connectivity index (χ4n) is 1.79. The highest BCUT2D eigenvalue weighted by atomic mass is 127. The van der Waals surface area contributed by atoms with Crippen molar-refractivity contribution in [3.8, 4) is 6.07 Å². The Morgan fingerprint density at radius 3 is 2.43 bits per heavy atom. The molecule has 0 aliphatic carbocycles. The van der Waals surface area contributed by atoms with Crippen LogP contribution in [0.1, 0.15) is 16.7 Å². The van der Waals surface area contributed by atoms with E-state index in [1.807, 2.05) is 38.1 Å². The van der Waals surface area contributed by atoms with Gasteiger partial charge in [0, 0.05) is 9.79 Å². The van der Waals surface area contributed by atoms with Gasteiger partial charge in [0.05, 0.1) is 37.7 Å². The van der Waals surface area contributed by atoms with Gasteiger partial charge in [-0.3, -0.25) is 0 Å². The molecule has 0 amide bonds. The molecule has 108 valence electrons. The van der Waals surface area contributed by atoms with Crippen LogP contribution in [0.4, 0.5) is 0 Å². The molecule has 0 saturated carbocycles. The molecule has 2 aromatic rings. The first-order chi connectivity index (χ1) is 9.81. The fraction of sp³-hybridized carbons (Fsp3) is 0.133. The number of nitriles is 1. The molecule has 0 atom stereocenters. The smallest absolute Gasteiger partial charge is 0.213 e. The van der Waals surface area contributed by atoms with Gasteiger partial charge in [-0.15, -0.1) is 0 Å². The van der Waals surface area contributed by atoms with Crippen LogP contribution < -0.4 is 0 Å². The Morgan fingerprint density at radius 1 is 1.10 bits per heavy atom. The zero-order valence-electron chi connectivity index (χ0n) is 11.4. The van der Waals surface area contributed by atoms with Gasteiger partial charge < -0.3 is 0 Å². The molecule has 0 spiro atoms. The molecule has 2 aromatic carbocycles. The lowest BCUT2D eigenvalue weighted by Crippen LogP contribution is -1.94. The number of benzene rings is 2. The Morgan fingerprint density at radius 2 is 1.81 bits per heavy atom. The first-order valence-corrected chi connectivity index (χ1v) is 10.9. The number of hydrogen-bond acceptors (Lipinski definition) is 4. The summed E-state index contributed by atoms with van der Waals surface area (Å²) in [6.45, 7) is 3.99. The molecule has 21 heavy (non-hydrogen) atoms. The minimum atomic E-state index is -3.41. The maximum Gasteiger partial charge on any atom is 0.232 e. The Balaban J connectivity index is 2.55. The predicted molar refractivity (Wildman–Crippen MR) is 92.4 cm³/mol. The summed E-state index contributed by atoms with van der Waals surface area (Å²) in [4.78, 5) is 1.84. The van der Waals surface area contributed by atoms with E-state index < -0.39 is 7.01 Å². The molecular weight excluding hydrogens is 417 g/mol. The molecule has 0 radical (unpaired) electrons. The number of rotatable bonds is 3. The van der Waals surface area contributed by atoms with Crippen molar-refractivity contribution in [3.63, 3.8) is 0 Å². The van der Waals surface area contributed by atoms with E-state index in [-0.39, 0.29) is 4.90 Å². The van der Waals surface area contributed by atoms with Crippen LogP contribution in [0, 0.1) is 25.2 Å². The lowest BCUT2D eigenvalue weighted by Gasteiger charge is -2.10. The van der Waals surface area contributed by atoms with Gasteiger partial charge in [0.15, 0.2) is 0 Å². The molecule has 0 unspecified atom stereocenters. The van der Waals surface area contributed by atoms with E-state index in [1.54, 1.807) is 12.1 Å². The van der Waals surface area contributed by atoms with E-state index in [2.05, 4.69) is 0 Å². The molecule has 0 heterocycles. The maximum atomic E-state index is 11.9. The van der Waals surface area contributed by atoms with Crippen molar-refractivity contribution in [2.24, 2.45) is 0 Å². The second kappa shape index (κ2) is 6.38. The molecule has 6 heteroatoms.